The Morgan fingerprint density at radius 3 is 2.50 bits per heavy atom. The van der Waals surface area contributed by atoms with E-state index in [2.05, 4.69) is 19.9 Å². The van der Waals surface area contributed by atoms with E-state index in [4.69, 9.17) is 10.8 Å². The maximum absolute atomic E-state index is 10.4. The molecule has 0 aliphatic heterocycles. The summed E-state index contributed by atoms with van der Waals surface area (Å²) in [4.78, 5) is 29.9. The molecule has 0 heterocycles. The van der Waals surface area contributed by atoms with E-state index in [0.29, 0.717) is 0 Å². The van der Waals surface area contributed by atoms with Gasteiger partial charge in [-0.1, -0.05) is 0 Å². The van der Waals surface area contributed by atoms with Crippen molar-refractivity contribution in [1.82, 2.24) is 0 Å². The lowest BCUT2D eigenvalue weighted by molar-refractivity contribution is -0.234. The summed E-state index contributed by atoms with van der Waals surface area (Å²) in [6.45, 7) is 0. The van der Waals surface area contributed by atoms with Crippen LogP contribution in [0.4, 0.5) is 0 Å². The molecule has 0 bridgehead atoms. The van der Waals surface area contributed by atoms with Gasteiger partial charge in [0.2, 0.25) is 0 Å². The molecule has 0 aliphatic carbocycles. The Kier molecular flexibility index (Phi) is 5.07. The third kappa shape index (κ3) is 5.03. The zero-order chi connectivity index (χ0) is 9.40. The van der Waals surface area contributed by atoms with Gasteiger partial charge in [0, 0.05) is 4.91 Å². The van der Waals surface area contributed by atoms with Crippen LogP contribution < -0.4 is 0 Å². The summed E-state index contributed by atoms with van der Waals surface area (Å²) in [6, 6.07) is 0. The number of azide groups is 1. The quantitative estimate of drug-likeness (QED) is 0.220. The molecule has 0 spiro atoms. The van der Waals surface area contributed by atoms with Gasteiger partial charge in [0.15, 0.2) is 0 Å². The molecule has 0 saturated carbocycles. The standard InChI is InChI=1S/C4H5N3O5/c5-6-7-11-3(8)1-2-4(9)12-10/h10H,1-2H2. The van der Waals surface area contributed by atoms with Crippen molar-refractivity contribution in [3.63, 3.8) is 0 Å². The number of hydrogen-bond acceptors (Lipinski definition) is 6. The highest BCUT2D eigenvalue weighted by molar-refractivity contribution is 5.77. The zero-order valence-electron chi connectivity index (χ0n) is 5.84. The van der Waals surface area contributed by atoms with Crippen LogP contribution >= 0.6 is 0 Å². The van der Waals surface area contributed by atoms with Gasteiger partial charge in [-0.15, -0.1) is 0 Å². The third-order valence-electron chi connectivity index (χ3n) is 0.814. The van der Waals surface area contributed by atoms with E-state index in [1.54, 1.807) is 0 Å². The highest BCUT2D eigenvalue weighted by Crippen LogP contribution is 1.94. The molecule has 0 unspecified atom stereocenters. The number of carbonyl (C=O) groups excluding carboxylic acids is 2. The van der Waals surface area contributed by atoms with Gasteiger partial charge in [-0.3, -0.25) is 4.79 Å². The van der Waals surface area contributed by atoms with Gasteiger partial charge in [0.1, 0.15) is 5.28 Å². The van der Waals surface area contributed by atoms with Crippen molar-refractivity contribution in [3.8, 4) is 0 Å². The molecule has 8 nitrogen and oxygen atoms in total. The highest BCUT2D eigenvalue weighted by Gasteiger charge is 2.07. The molecule has 0 radical (unpaired) electrons. The maximum Gasteiger partial charge on any atom is 0.342 e. The molecule has 0 aliphatic rings. The molecule has 0 amide bonds. The molecule has 0 aromatic heterocycles. The van der Waals surface area contributed by atoms with Crippen LogP contribution in [0.3, 0.4) is 0 Å². The molecule has 66 valence electrons. The molecule has 0 fully saturated rings. The van der Waals surface area contributed by atoms with Crippen molar-refractivity contribution in [3.05, 3.63) is 10.4 Å². The molecule has 1 N–H and O–H groups in total. The largest absolute Gasteiger partial charge is 0.359 e. The summed E-state index contributed by atoms with van der Waals surface area (Å²) in [5, 5.41) is 10.2. The van der Waals surface area contributed by atoms with E-state index in [1.165, 1.54) is 0 Å². The van der Waals surface area contributed by atoms with E-state index < -0.39 is 11.9 Å². The number of carbonyl (C=O) groups is 2. The van der Waals surface area contributed by atoms with Gasteiger partial charge >= 0.3 is 11.9 Å². The summed E-state index contributed by atoms with van der Waals surface area (Å²) < 4.78 is 0. The molecule has 0 saturated heterocycles. The Morgan fingerprint density at radius 2 is 2.00 bits per heavy atom. The fourth-order valence-corrected chi connectivity index (χ4v) is 0.359. The lowest BCUT2D eigenvalue weighted by atomic mass is 10.3. The van der Waals surface area contributed by atoms with Crippen molar-refractivity contribution in [1.29, 1.82) is 0 Å². The average molecular weight is 175 g/mol. The summed E-state index contributed by atoms with van der Waals surface area (Å²) in [5.41, 5.74) is 7.69. The minimum absolute atomic E-state index is 0.321. The Bertz CT molecular complexity index is 221. The SMILES string of the molecule is [N-]=[N+]=NOC(=O)CCC(=O)OO. The van der Waals surface area contributed by atoms with Crippen LogP contribution in [-0.4, -0.2) is 17.2 Å². The predicted octanol–water partition coefficient (Wildman–Crippen LogP) is 0.551. The zero-order valence-corrected chi connectivity index (χ0v) is 5.84. The molecular weight excluding hydrogens is 170 g/mol. The fourth-order valence-electron chi connectivity index (χ4n) is 0.359. The first kappa shape index (κ1) is 10.2. The second kappa shape index (κ2) is 5.96. The summed E-state index contributed by atoms with van der Waals surface area (Å²) in [7, 11) is 0. The van der Waals surface area contributed by atoms with Crippen molar-refractivity contribution >= 4 is 11.9 Å². The Labute approximate surface area is 66.2 Å². The molecule has 0 rings (SSSR count). The van der Waals surface area contributed by atoms with Crippen molar-refractivity contribution in [2.75, 3.05) is 0 Å². The maximum atomic E-state index is 10.4. The van der Waals surface area contributed by atoms with Crippen LogP contribution in [0.25, 0.3) is 10.4 Å². The fraction of sp³-hybridized carbons (Fsp3) is 0.500. The first-order valence-electron chi connectivity index (χ1n) is 2.79. The van der Waals surface area contributed by atoms with E-state index in [-0.39, 0.29) is 12.8 Å². The molecule has 0 aromatic carbocycles. The van der Waals surface area contributed by atoms with Crippen LogP contribution in [0.5, 0.6) is 0 Å². The summed E-state index contributed by atoms with van der Waals surface area (Å²) >= 11 is 0. The van der Waals surface area contributed by atoms with E-state index in [0.717, 1.165) is 0 Å². The van der Waals surface area contributed by atoms with Gasteiger partial charge in [-0.05, 0) is 5.53 Å². The lowest BCUT2D eigenvalue weighted by Crippen LogP contribution is -2.06. The minimum atomic E-state index is -0.965. The average Bonchev–Trinajstić information content (AvgIpc) is 2.10. The highest BCUT2D eigenvalue weighted by atomic mass is 17.1. The van der Waals surface area contributed by atoms with E-state index >= 15 is 0 Å². The number of nitrogens with zero attached hydrogens (tertiary/aromatic N) is 3. The second-order valence-corrected chi connectivity index (χ2v) is 1.60. The first-order valence-corrected chi connectivity index (χ1v) is 2.79. The topological polar surface area (TPSA) is 122 Å². The Balaban J connectivity index is 3.57. The number of rotatable bonds is 4. The third-order valence-corrected chi connectivity index (χ3v) is 0.814. The second-order valence-electron chi connectivity index (χ2n) is 1.60. The van der Waals surface area contributed by atoms with Crippen LogP contribution in [0, 0.1) is 0 Å². The molecule has 8 heteroatoms. The first-order chi connectivity index (χ1) is 5.70. The van der Waals surface area contributed by atoms with Gasteiger partial charge in [0.25, 0.3) is 0 Å². The normalized spacial score (nSPS) is 8.08. The van der Waals surface area contributed by atoms with Crippen LogP contribution in [-0.2, 0) is 19.3 Å². The summed E-state index contributed by atoms with van der Waals surface area (Å²) in [6.07, 6.45) is -0.658. The molecular formula is C4H5N3O5. The van der Waals surface area contributed by atoms with Crippen LogP contribution in [0.15, 0.2) is 5.28 Å². The predicted molar refractivity (Wildman–Crippen MR) is 33.2 cm³/mol. The van der Waals surface area contributed by atoms with Gasteiger partial charge < -0.3 is 9.73 Å². The summed E-state index contributed by atoms with van der Waals surface area (Å²) in [5.74, 6) is -1.84. The lowest BCUT2D eigenvalue weighted by Gasteiger charge is -1.94. The van der Waals surface area contributed by atoms with E-state index in [9.17, 15) is 9.59 Å². The van der Waals surface area contributed by atoms with E-state index in [1.807, 2.05) is 0 Å². The molecule has 12 heavy (non-hydrogen) atoms. The van der Waals surface area contributed by atoms with Crippen molar-refractivity contribution in [2.24, 2.45) is 5.28 Å². The molecule has 0 aromatic rings. The minimum Gasteiger partial charge on any atom is -0.359 e. The smallest absolute Gasteiger partial charge is 0.342 e. The van der Waals surface area contributed by atoms with Gasteiger partial charge in [-0.2, -0.15) is 5.26 Å². The Morgan fingerprint density at radius 1 is 1.42 bits per heavy atom. The van der Waals surface area contributed by atoms with Crippen molar-refractivity contribution in [2.45, 2.75) is 12.8 Å². The van der Waals surface area contributed by atoms with Gasteiger partial charge in [-0.25, -0.2) is 4.79 Å². The van der Waals surface area contributed by atoms with Gasteiger partial charge in [0.05, 0.1) is 12.8 Å². The van der Waals surface area contributed by atoms with Crippen molar-refractivity contribution < 1.29 is 24.6 Å². The Hall–Kier alpha value is -1.79. The van der Waals surface area contributed by atoms with Crippen LogP contribution in [0.1, 0.15) is 12.8 Å². The molecule has 0 atom stereocenters. The number of hydrogen-bond donors (Lipinski definition) is 1. The van der Waals surface area contributed by atoms with Crippen LogP contribution in [0.2, 0.25) is 0 Å². The monoisotopic (exact) mass is 175 g/mol.